The Morgan fingerprint density at radius 1 is 1.45 bits per heavy atom. The van der Waals surface area contributed by atoms with E-state index in [0.717, 1.165) is 0 Å². The van der Waals surface area contributed by atoms with Gasteiger partial charge in [-0.25, -0.2) is 14.8 Å². The highest BCUT2D eigenvalue weighted by Gasteiger charge is 2.14. The van der Waals surface area contributed by atoms with E-state index in [9.17, 15) is 9.59 Å². The van der Waals surface area contributed by atoms with Crippen LogP contribution in [0.2, 0.25) is 0 Å². The fraction of sp³-hybridized carbons (Fsp3) is 0.231. The SMILES string of the molecule is CCOC(=O)c1coc(-c2ccnc(NC(C)=O)c2)n1. The summed E-state index contributed by atoms with van der Waals surface area (Å²) >= 11 is 0. The lowest BCUT2D eigenvalue weighted by Gasteiger charge is -2.01. The largest absolute Gasteiger partial charge is 0.461 e. The normalized spacial score (nSPS) is 10.1. The summed E-state index contributed by atoms with van der Waals surface area (Å²) in [6.07, 6.45) is 2.74. The third-order valence-electron chi connectivity index (χ3n) is 2.30. The Hall–Kier alpha value is -2.70. The molecule has 2 aromatic rings. The molecule has 104 valence electrons. The van der Waals surface area contributed by atoms with Crippen molar-refractivity contribution in [2.75, 3.05) is 11.9 Å². The number of hydrogen-bond acceptors (Lipinski definition) is 6. The summed E-state index contributed by atoms with van der Waals surface area (Å²) in [6.45, 7) is 3.36. The predicted octanol–water partition coefficient (Wildman–Crippen LogP) is 1.87. The van der Waals surface area contributed by atoms with Crippen LogP contribution in [-0.2, 0) is 9.53 Å². The molecule has 20 heavy (non-hydrogen) atoms. The minimum Gasteiger partial charge on any atom is -0.461 e. The van der Waals surface area contributed by atoms with Crippen molar-refractivity contribution in [1.29, 1.82) is 0 Å². The Labute approximate surface area is 115 Å². The first-order valence-corrected chi connectivity index (χ1v) is 5.97. The van der Waals surface area contributed by atoms with Crippen LogP contribution in [0.5, 0.6) is 0 Å². The molecule has 0 bridgehead atoms. The quantitative estimate of drug-likeness (QED) is 0.856. The molecule has 2 aromatic heterocycles. The van der Waals surface area contributed by atoms with Crippen LogP contribution in [0.1, 0.15) is 24.3 Å². The number of nitrogens with zero attached hydrogens (tertiary/aromatic N) is 2. The van der Waals surface area contributed by atoms with Crippen LogP contribution in [0.15, 0.2) is 29.0 Å². The summed E-state index contributed by atoms with van der Waals surface area (Å²) in [7, 11) is 0. The van der Waals surface area contributed by atoms with Gasteiger partial charge in [-0.1, -0.05) is 0 Å². The minimum atomic E-state index is -0.543. The number of oxazole rings is 1. The van der Waals surface area contributed by atoms with Gasteiger partial charge in [0.1, 0.15) is 12.1 Å². The van der Waals surface area contributed by atoms with Crippen molar-refractivity contribution in [2.45, 2.75) is 13.8 Å². The Morgan fingerprint density at radius 2 is 2.25 bits per heavy atom. The first-order valence-electron chi connectivity index (χ1n) is 5.97. The van der Waals surface area contributed by atoms with Gasteiger partial charge < -0.3 is 14.5 Å². The molecular weight excluding hydrogens is 262 g/mol. The average Bonchev–Trinajstić information content (AvgIpc) is 2.88. The van der Waals surface area contributed by atoms with Crippen LogP contribution >= 0.6 is 0 Å². The van der Waals surface area contributed by atoms with Gasteiger partial charge in [-0.05, 0) is 19.1 Å². The third-order valence-corrected chi connectivity index (χ3v) is 2.30. The van der Waals surface area contributed by atoms with Gasteiger partial charge in [-0.15, -0.1) is 0 Å². The maximum absolute atomic E-state index is 11.5. The molecule has 7 heteroatoms. The van der Waals surface area contributed by atoms with Gasteiger partial charge in [0.2, 0.25) is 11.8 Å². The van der Waals surface area contributed by atoms with Gasteiger partial charge in [0.05, 0.1) is 6.61 Å². The second-order valence-corrected chi connectivity index (χ2v) is 3.87. The van der Waals surface area contributed by atoms with E-state index in [2.05, 4.69) is 15.3 Å². The smallest absolute Gasteiger partial charge is 0.360 e. The van der Waals surface area contributed by atoms with E-state index in [1.165, 1.54) is 19.4 Å². The molecule has 0 saturated carbocycles. The van der Waals surface area contributed by atoms with E-state index < -0.39 is 5.97 Å². The summed E-state index contributed by atoms with van der Waals surface area (Å²) in [5.41, 5.74) is 0.694. The van der Waals surface area contributed by atoms with Gasteiger partial charge in [0, 0.05) is 18.7 Å². The lowest BCUT2D eigenvalue weighted by Crippen LogP contribution is -2.07. The van der Waals surface area contributed by atoms with Crippen LogP contribution in [0.25, 0.3) is 11.5 Å². The zero-order valence-electron chi connectivity index (χ0n) is 11.0. The summed E-state index contributed by atoms with van der Waals surface area (Å²) in [6, 6.07) is 3.26. The lowest BCUT2D eigenvalue weighted by atomic mass is 10.2. The van der Waals surface area contributed by atoms with Crippen LogP contribution in [0.4, 0.5) is 5.82 Å². The number of rotatable bonds is 4. The van der Waals surface area contributed by atoms with Gasteiger partial charge in [0.25, 0.3) is 0 Å². The monoisotopic (exact) mass is 275 g/mol. The van der Waals surface area contributed by atoms with Crippen molar-refractivity contribution in [1.82, 2.24) is 9.97 Å². The summed E-state index contributed by atoms with van der Waals surface area (Å²) < 4.78 is 10.0. The predicted molar refractivity (Wildman–Crippen MR) is 70.0 cm³/mol. The molecule has 0 spiro atoms. The van der Waals surface area contributed by atoms with E-state index in [1.807, 2.05) is 0 Å². The fourth-order valence-electron chi connectivity index (χ4n) is 1.52. The number of amides is 1. The Kier molecular flexibility index (Phi) is 4.09. The maximum Gasteiger partial charge on any atom is 0.360 e. The van der Waals surface area contributed by atoms with Crippen molar-refractivity contribution in [3.8, 4) is 11.5 Å². The number of hydrogen-bond donors (Lipinski definition) is 1. The minimum absolute atomic E-state index is 0.0970. The molecule has 0 aromatic carbocycles. The molecule has 0 atom stereocenters. The molecule has 0 radical (unpaired) electrons. The standard InChI is InChI=1S/C13H13N3O4/c1-3-19-13(18)10-7-20-12(16-10)9-4-5-14-11(6-9)15-8(2)17/h4-7H,3H2,1-2H3,(H,14,15,17). The van der Waals surface area contributed by atoms with Crippen LogP contribution < -0.4 is 5.32 Å². The van der Waals surface area contributed by atoms with E-state index in [4.69, 9.17) is 9.15 Å². The second kappa shape index (κ2) is 5.96. The van der Waals surface area contributed by atoms with Gasteiger partial charge in [-0.3, -0.25) is 4.79 Å². The van der Waals surface area contributed by atoms with Crippen molar-refractivity contribution in [3.63, 3.8) is 0 Å². The number of carbonyl (C=O) groups is 2. The molecule has 2 heterocycles. The van der Waals surface area contributed by atoms with Crippen molar-refractivity contribution in [2.24, 2.45) is 0 Å². The molecule has 0 aliphatic heterocycles. The molecule has 0 saturated heterocycles. The number of carbonyl (C=O) groups excluding carboxylic acids is 2. The number of aromatic nitrogens is 2. The molecule has 1 N–H and O–H groups in total. The Bertz CT molecular complexity index is 636. The highest BCUT2D eigenvalue weighted by atomic mass is 16.5. The molecular formula is C13H13N3O4. The maximum atomic E-state index is 11.5. The summed E-state index contributed by atoms with van der Waals surface area (Å²) in [4.78, 5) is 30.5. The van der Waals surface area contributed by atoms with E-state index in [1.54, 1.807) is 19.1 Å². The average molecular weight is 275 g/mol. The number of anilines is 1. The Morgan fingerprint density at radius 3 is 2.95 bits per heavy atom. The molecule has 7 nitrogen and oxygen atoms in total. The molecule has 0 aliphatic carbocycles. The van der Waals surface area contributed by atoms with Gasteiger partial charge in [0.15, 0.2) is 5.69 Å². The summed E-state index contributed by atoms with van der Waals surface area (Å²) in [5, 5.41) is 2.55. The van der Waals surface area contributed by atoms with Gasteiger partial charge >= 0.3 is 5.97 Å². The fourth-order valence-corrected chi connectivity index (χ4v) is 1.52. The van der Waals surface area contributed by atoms with E-state index in [0.29, 0.717) is 11.4 Å². The van der Waals surface area contributed by atoms with E-state index >= 15 is 0 Å². The zero-order valence-corrected chi connectivity index (χ0v) is 11.0. The number of esters is 1. The van der Waals surface area contributed by atoms with Crippen molar-refractivity contribution < 1.29 is 18.7 Å². The first-order chi connectivity index (χ1) is 9.60. The van der Waals surface area contributed by atoms with E-state index in [-0.39, 0.29) is 24.1 Å². The van der Waals surface area contributed by atoms with Crippen LogP contribution in [-0.4, -0.2) is 28.5 Å². The highest BCUT2D eigenvalue weighted by molar-refractivity contribution is 5.88. The molecule has 0 fully saturated rings. The molecule has 0 unspecified atom stereocenters. The lowest BCUT2D eigenvalue weighted by molar-refractivity contribution is -0.114. The summed E-state index contributed by atoms with van der Waals surface area (Å²) in [5.74, 6) is -0.138. The molecule has 1 amide bonds. The zero-order chi connectivity index (χ0) is 14.5. The second-order valence-electron chi connectivity index (χ2n) is 3.87. The Balaban J connectivity index is 2.23. The van der Waals surface area contributed by atoms with Crippen LogP contribution in [0, 0.1) is 0 Å². The van der Waals surface area contributed by atoms with Crippen LogP contribution in [0.3, 0.4) is 0 Å². The topological polar surface area (TPSA) is 94.3 Å². The number of nitrogens with one attached hydrogen (secondary N) is 1. The number of pyridine rings is 1. The van der Waals surface area contributed by atoms with Crippen molar-refractivity contribution in [3.05, 3.63) is 30.3 Å². The molecule has 2 rings (SSSR count). The third kappa shape index (κ3) is 3.19. The first kappa shape index (κ1) is 13.7. The number of ether oxygens (including phenoxy) is 1. The van der Waals surface area contributed by atoms with Crippen molar-refractivity contribution >= 4 is 17.7 Å². The highest BCUT2D eigenvalue weighted by Crippen LogP contribution is 2.20. The molecule has 0 aliphatic rings. The van der Waals surface area contributed by atoms with Gasteiger partial charge in [-0.2, -0.15) is 0 Å².